The molecule has 1 aliphatic rings. The minimum absolute atomic E-state index is 0.0337. The standard InChI is InChI=1S/C13H16BrNO3S/c14-12-3-1-11(2-4-12)5-8-19(17,18)15-9-13(10-16)6-7-13/h1-5,8,15-16H,6-7,9-10H2/b8-5+. The summed E-state index contributed by atoms with van der Waals surface area (Å²) in [6, 6.07) is 7.35. The molecular formula is C13H16BrNO3S. The Kier molecular flexibility index (Phi) is 4.45. The van der Waals surface area contributed by atoms with Crippen molar-refractivity contribution in [3.05, 3.63) is 39.7 Å². The van der Waals surface area contributed by atoms with Crippen molar-refractivity contribution >= 4 is 32.0 Å². The zero-order chi connectivity index (χ0) is 13.9. The van der Waals surface area contributed by atoms with Crippen LogP contribution in [0.15, 0.2) is 34.1 Å². The number of aliphatic hydroxyl groups is 1. The summed E-state index contributed by atoms with van der Waals surface area (Å²) in [5.74, 6) is 0. The molecule has 0 bridgehead atoms. The summed E-state index contributed by atoms with van der Waals surface area (Å²) in [6.45, 7) is 0.336. The second-order valence-corrected chi connectivity index (χ2v) is 7.45. The highest BCUT2D eigenvalue weighted by Gasteiger charge is 2.42. The van der Waals surface area contributed by atoms with Crippen LogP contribution in [0.25, 0.3) is 6.08 Å². The number of sulfonamides is 1. The molecule has 2 rings (SSSR count). The third kappa shape index (κ3) is 4.42. The molecule has 0 unspecified atom stereocenters. The first-order valence-electron chi connectivity index (χ1n) is 5.99. The van der Waals surface area contributed by atoms with Crippen molar-refractivity contribution in [3.8, 4) is 0 Å². The van der Waals surface area contributed by atoms with Crippen LogP contribution in [0.4, 0.5) is 0 Å². The number of rotatable bonds is 6. The molecule has 0 heterocycles. The van der Waals surface area contributed by atoms with Crippen LogP contribution in [-0.2, 0) is 10.0 Å². The van der Waals surface area contributed by atoms with Crippen LogP contribution in [-0.4, -0.2) is 26.7 Å². The minimum Gasteiger partial charge on any atom is -0.396 e. The molecule has 1 saturated carbocycles. The molecule has 6 heteroatoms. The van der Waals surface area contributed by atoms with E-state index in [4.69, 9.17) is 5.11 Å². The molecule has 0 saturated heterocycles. The average Bonchev–Trinajstić information content (AvgIpc) is 3.17. The van der Waals surface area contributed by atoms with Gasteiger partial charge in [-0.05, 0) is 36.6 Å². The van der Waals surface area contributed by atoms with Crippen molar-refractivity contribution in [1.29, 1.82) is 0 Å². The molecule has 0 atom stereocenters. The summed E-state index contributed by atoms with van der Waals surface area (Å²) in [5, 5.41) is 10.3. The first-order valence-corrected chi connectivity index (χ1v) is 8.33. The fourth-order valence-corrected chi connectivity index (χ4v) is 2.82. The molecule has 1 aromatic carbocycles. The number of hydrogen-bond acceptors (Lipinski definition) is 3. The third-order valence-electron chi connectivity index (χ3n) is 3.25. The van der Waals surface area contributed by atoms with Crippen LogP contribution >= 0.6 is 15.9 Å². The highest BCUT2D eigenvalue weighted by Crippen LogP contribution is 2.44. The molecule has 4 nitrogen and oxygen atoms in total. The van der Waals surface area contributed by atoms with Crippen LogP contribution in [0.2, 0.25) is 0 Å². The Morgan fingerprint density at radius 1 is 1.32 bits per heavy atom. The van der Waals surface area contributed by atoms with E-state index in [9.17, 15) is 8.42 Å². The van der Waals surface area contributed by atoms with Crippen molar-refractivity contribution < 1.29 is 13.5 Å². The fraction of sp³-hybridized carbons (Fsp3) is 0.385. The second-order valence-electron chi connectivity index (χ2n) is 4.88. The number of benzene rings is 1. The molecule has 0 amide bonds. The van der Waals surface area contributed by atoms with Gasteiger partial charge in [-0.15, -0.1) is 0 Å². The first kappa shape index (κ1) is 14.7. The summed E-state index contributed by atoms with van der Waals surface area (Å²) in [7, 11) is -3.45. The molecule has 19 heavy (non-hydrogen) atoms. The summed E-state index contributed by atoms with van der Waals surface area (Å²) in [4.78, 5) is 0. The SMILES string of the molecule is O=S(=O)(/C=C/c1ccc(Br)cc1)NCC1(CO)CC1. The molecule has 0 aromatic heterocycles. The summed E-state index contributed by atoms with van der Waals surface area (Å²) < 4.78 is 27.0. The van der Waals surface area contributed by atoms with Crippen LogP contribution in [0.3, 0.4) is 0 Å². The largest absolute Gasteiger partial charge is 0.396 e. The molecule has 0 radical (unpaired) electrons. The number of halogens is 1. The van der Waals surface area contributed by atoms with Gasteiger partial charge in [0.15, 0.2) is 0 Å². The molecule has 1 fully saturated rings. The smallest absolute Gasteiger partial charge is 0.233 e. The Morgan fingerprint density at radius 2 is 1.95 bits per heavy atom. The zero-order valence-corrected chi connectivity index (χ0v) is 12.7. The topological polar surface area (TPSA) is 66.4 Å². The summed E-state index contributed by atoms with van der Waals surface area (Å²) >= 11 is 3.32. The van der Waals surface area contributed by atoms with E-state index in [1.54, 1.807) is 6.08 Å². The van der Waals surface area contributed by atoms with Crippen molar-refractivity contribution in [3.63, 3.8) is 0 Å². The van der Waals surface area contributed by atoms with Gasteiger partial charge in [0.05, 0.1) is 0 Å². The van der Waals surface area contributed by atoms with Crippen LogP contribution < -0.4 is 4.72 Å². The maximum absolute atomic E-state index is 11.8. The van der Waals surface area contributed by atoms with Gasteiger partial charge in [0.25, 0.3) is 0 Å². The van der Waals surface area contributed by atoms with E-state index in [1.807, 2.05) is 24.3 Å². The van der Waals surface area contributed by atoms with Gasteiger partial charge in [0.2, 0.25) is 10.0 Å². The lowest BCUT2D eigenvalue weighted by atomic mass is 10.1. The average molecular weight is 346 g/mol. The normalized spacial score (nSPS) is 17.8. The third-order valence-corrected chi connectivity index (χ3v) is 4.82. The lowest BCUT2D eigenvalue weighted by molar-refractivity contribution is 0.213. The van der Waals surface area contributed by atoms with Gasteiger partial charge in [-0.25, -0.2) is 13.1 Å². The van der Waals surface area contributed by atoms with Crippen LogP contribution in [0.5, 0.6) is 0 Å². The Morgan fingerprint density at radius 3 is 2.47 bits per heavy atom. The van der Waals surface area contributed by atoms with Crippen molar-refractivity contribution in [2.45, 2.75) is 12.8 Å². The lowest BCUT2D eigenvalue weighted by Gasteiger charge is -2.11. The van der Waals surface area contributed by atoms with E-state index in [2.05, 4.69) is 20.7 Å². The van der Waals surface area contributed by atoms with Crippen LogP contribution in [0.1, 0.15) is 18.4 Å². The number of aliphatic hydroxyl groups excluding tert-OH is 1. The van der Waals surface area contributed by atoms with Gasteiger partial charge in [-0.1, -0.05) is 28.1 Å². The fourth-order valence-electron chi connectivity index (χ4n) is 1.61. The van der Waals surface area contributed by atoms with E-state index in [1.165, 1.54) is 0 Å². The van der Waals surface area contributed by atoms with E-state index in [0.29, 0.717) is 6.54 Å². The van der Waals surface area contributed by atoms with Gasteiger partial charge < -0.3 is 5.11 Å². The van der Waals surface area contributed by atoms with Crippen LogP contribution in [0, 0.1) is 5.41 Å². The van der Waals surface area contributed by atoms with Gasteiger partial charge in [-0.3, -0.25) is 0 Å². The maximum atomic E-state index is 11.8. The summed E-state index contributed by atoms with van der Waals surface area (Å²) in [5.41, 5.74) is 0.593. The highest BCUT2D eigenvalue weighted by molar-refractivity contribution is 9.10. The molecule has 1 aliphatic carbocycles. The van der Waals surface area contributed by atoms with E-state index in [-0.39, 0.29) is 12.0 Å². The van der Waals surface area contributed by atoms with Crippen molar-refractivity contribution in [1.82, 2.24) is 4.72 Å². The van der Waals surface area contributed by atoms with Gasteiger partial charge in [0.1, 0.15) is 0 Å². The Hall–Kier alpha value is -0.690. The van der Waals surface area contributed by atoms with E-state index in [0.717, 1.165) is 28.3 Å². The highest BCUT2D eigenvalue weighted by atomic mass is 79.9. The maximum Gasteiger partial charge on any atom is 0.233 e. The Balaban J connectivity index is 1.95. The summed E-state index contributed by atoms with van der Waals surface area (Å²) in [6.07, 6.45) is 3.30. The monoisotopic (exact) mass is 345 g/mol. The molecule has 0 aliphatic heterocycles. The van der Waals surface area contributed by atoms with Crippen molar-refractivity contribution in [2.75, 3.05) is 13.2 Å². The second kappa shape index (κ2) is 5.75. The number of nitrogens with one attached hydrogen (secondary N) is 1. The Labute approximate surface area is 121 Å². The quantitative estimate of drug-likeness (QED) is 0.829. The minimum atomic E-state index is -3.45. The first-order chi connectivity index (χ1) is 8.95. The van der Waals surface area contributed by atoms with Gasteiger partial charge in [0, 0.05) is 28.4 Å². The van der Waals surface area contributed by atoms with E-state index >= 15 is 0 Å². The lowest BCUT2D eigenvalue weighted by Crippen LogP contribution is -2.30. The van der Waals surface area contributed by atoms with Crippen molar-refractivity contribution in [2.24, 2.45) is 5.41 Å². The molecule has 2 N–H and O–H groups in total. The Bertz CT molecular complexity index is 562. The molecule has 1 aromatic rings. The van der Waals surface area contributed by atoms with E-state index < -0.39 is 10.0 Å². The van der Waals surface area contributed by atoms with Gasteiger partial charge in [-0.2, -0.15) is 0 Å². The molecule has 104 valence electrons. The zero-order valence-electron chi connectivity index (χ0n) is 10.3. The van der Waals surface area contributed by atoms with Gasteiger partial charge >= 0.3 is 0 Å². The predicted octanol–water partition coefficient (Wildman–Crippen LogP) is 2.11. The predicted molar refractivity (Wildman–Crippen MR) is 78.9 cm³/mol. The molecule has 0 spiro atoms. The number of hydrogen-bond donors (Lipinski definition) is 2. The molecular weight excluding hydrogens is 330 g/mol.